The minimum Gasteiger partial charge on any atom is -0.486 e. The number of nitrogens with zero attached hydrogens (tertiary/aromatic N) is 1. The fourth-order valence-corrected chi connectivity index (χ4v) is 4.58. The number of amides is 1. The molecule has 1 aliphatic rings. The lowest BCUT2D eigenvalue weighted by Crippen LogP contribution is -2.43. The fourth-order valence-electron chi connectivity index (χ4n) is 3.18. The molecule has 12 nitrogen and oxygen atoms in total. The van der Waals surface area contributed by atoms with Crippen molar-refractivity contribution in [2.45, 2.75) is 38.3 Å². The Balaban J connectivity index is 1.50. The van der Waals surface area contributed by atoms with Crippen LogP contribution in [0.15, 0.2) is 30.6 Å². The van der Waals surface area contributed by atoms with Crippen molar-refractivity contribution in [2.75, 3.05) is 30.9 Å². The normalized spacial score (nSPS) is 16.1. The lowest BCUT2D eigenvalue weighted by atomic mass is 10.1. The van der Waals surface area contributed by atoms with E-state index in [2.05, 4.69) is 20.0 Å². The first-order valence-corrected chi connectivity index (χ1v) is 12.4. The first-order chi connectivity index (χ1) is 16.3. The Hall–Kier alpha value is -3.16. The molecule has 1 aromatic heterocycles. The van der Waals surface area contributed by atoms with Crippen LogP contribution in [0.1, 0.15) is 25.3 Å². The second-order valence-electron chi connectivity index (χ2n) is 7.72. The van der Waals surface area contributed by atoms with Gasteiger partial charge in [-0.2, -0.15) is 0 Å². The van der Waals surface area contributed by atoms with E-state index in [4.69, 9.17) is 14.2 Å². The van der Waals surface area contributed by atoms with E-state index >= 15 is 0 Å². The molecular weight excluding hydrogens is 468 g/mol. The van der Waals surface area contributed by atoms with Crippen LogP contribution in [-0.4, -0.2) is 73.1 Å². The second kappa shape index (κ2) is 11.8. The van der Waals surface area contributed by atoms with Gasteiger partial charge in [0.25, 0.3) is 5.91 Å². The van der Waals surface area contributed by atoms with E-state index in [0.717, 1.165) is 0 Å². The van der Waals surface area contributed by atoms with Gasteiger partial charge in [-0.1, -0.05) is 19.4 Å². The number of fused-ring (bicyclic) bond motifs is 1. The van der Waals surface area contributed by atoms with E-state index < -0.39 is 28.1 Å². The van der Waals surface area contributed by atoms with Crippen LogP contribution in [0.4, 0.5) is 5.95 Å². The SMILES string of the molecule is CCCCS(=O)(=O)NC(Cc1ccc2c(c1)OCC(COCC(=O)Nc1ncc[nH]1)O2)C(=O)O. The van der Waals surface area contributed by atoms with Crippen molar-refractivity contribution in [2.24, 2.45) is 0 Å². The summed E-state index contributed by atoms with van der Waals surface area (Å²) in [6, 6.07) is 3.61. The topological polar surface area (TPSA) is 169 Å². The Bertz CT molecular complexity index is 1070. The molecule has 0 fully saturated rings. The molecule has 0 bridgehead atoms. The number of hydrogen-bond acceptors (Lipinski definition) is 8. The average Bonchev–Trinajstić information content (AvgIpc) is 3.30. The third-order valence-electron chi connectivity index (χ3n) is 4.85. The Morgan fingerprint density at radius 3 is 2.88 bits per heavy atom. The van der Waals surface area contributed by atoms with Crippen molar-refractivity contribution in [3.8, 4) is 11.5 Å². The van der Waals surface area contributed by atoms with Gasteiger partial charge in [-0.05, 0) is 30.5 Å². The van der Waals surface area contributed by atoms with Crippen molar-refractivity contribution >= 4 is 27.8 Å². The summed E-state index contributed by atoms with van der Waals surface area (Å²) >= 11 is 0. The van der Waals surface area contributed by atoms with Gasteiger partial charge in [0.15, 0.2) is 17.6 Å². The summed E-state index contributed by atoms with van der Waals surface area (Å²) < 4.78 is 43.4. The molecule has 1 aromatic carbocycles. The molecule has 186 valence electrons. The molecule has 1 aliphatic heterocycles. The van der Waals surface area contributed by atoms with Crippen molar-refractivity contribution in [3.63, 3.8) is 0 Å². The van der Waals surface area contributed by atoms with Gasteiger partial charge in [0.2, 0.25) is 16.0 Å². The van der Waals surface area contributed by atoms with Crippen LogP contribution in [0.3, 0.4) is 0 Å². The molecule has 13 heteroatoms. The number of rotatable bonds is 13. The highest BCUT2D eigenvalue weighted by Crippen LogP contribution is 2.33. The summed E-state index contributed by atoms with van der Waals surface area (Å²) in [5.41, 5.74) is 0.581. The number of hydrogen-bond donors (Lipinski definition) is 4. The van der Waals surface area contributed by atoms with Crippen LogP contribution in [0, 0.1) is 0 Å². The molecule has 0 radical (unpaired) electrons. The molecule has 2 unspecified atom stereocenters. The summed E-state index contributed by atoms with van der Waals surface area (Å²) in [6.45, 7) is 1.96. The van der Waals surface area contributed by atoms with Crippen LogP contribution < -0.4 is 19.5 Å². The smallest absolute Gasteiger partial charge is 0.322 e. The number of anilines is 1. The zero-order chi connectivity index (χ0) is 24.6. The molecule has 34 heavy (non-hydrogen) atoms. The lowest BCUT2D eigenvalue weighted by Gasteiger charge is -2.27. The van der Waals surface area contributed by atoms with Gasteiger partial charge in [0.05, 0.1) is 12.4 Å². The average molecular weight is 497 g/mol. The van der Waals surface area contributed by atoms with E-state index in [9.17, 15) is 23.1 Å². The van der Waals surface area contributed by atoms with Crippen molar-refractivity contribution < 1.29 is 37.3 Å². The van der Waals surface area contributed by atoms with E-state index in [1.807, 2.05) is 6.92 Å². The number of carbonyl (C=O) groups is 2. The predicted molar refractivity (Wildman–Crippen MR) is 121 cm³/mol. The van der Waals surface area contributed by atoms with E-state index in [1.165, 1.54) is 6.20 Å². The van der Waals surface area contributed by atoms with Crippen LogP contribution in [0.5, 0.6) is 11.5 Å². The zero-order valence-electron chi connectivity index (χ0n) is 18.7. The monoisotopic (exact) mass is 496 g/mol. The number of unbranched alkanes of at least 4 members (excludes halogenated alkanes) is 1. The molecule has 0 saturated heterocycles. The molecule has 3 rings (SSSR count). The summed E-state index contributed by atoms with van der Waals surface area (Å²) in [5.74, 6) is -0.559. The number of ether oxygens (including phenoxy) is 3. The molecule has 0 aliphatic carbocycles. The summed E-state index contributed by atoms with van der Waals surface area (Å²) in [5, 5.41) is 12.0. The minimum atomic E-state index is -3.70. The molecule has 4 N–H and O–H groups in total. The zero-order valence-corrected chi connectivity index (χ0v) is 19.5. The van der Waals surface area contributed by atoms with Gasteiger partial charge < -0.3 is 24.3 Å². The minimum absolute atomic E-state index is 0.0470. The number of carboxylic acids is 1. The van der Waals surface area contributed by atoms with Gasteiger partial charge >= 0.3 is 5.97 Å². The maximum absolute atomic E-state index is 12.1. The van der Waals surface area contributed by atoms with Crippen LogP contribution in [0.2, 0.25) is 0 Å². The number of aliphatic carboxylic acids is 1. The largest absolute Gasteiger partial charge is 0.486 e. The van der Waals surface area contributed by atoms with Crippen molar-refractivity contribution in [1.82, 2.24) is 14.7 Å². The third kappa shape index (κ3) is 7.71. The Kier molecular flexibility index (Phi) is 8.85. The number of aromatic nitrogens is 2. The van der Waals surface area contributed by atoms with Gasteiger partial charge in [0, 0.05) is 12.4 Å². The highest BCUT2D eigenvalue weighted by molar-refractivity contribution is 7.89. The number of carboxylic acid groups (broad SMARTS) is 1. The quantitative estimate of drug-likeness (QED) is 0.315. The van der Waals surface area contributed by atoms with Crippen LogP contribution >= 0.6 is 0 Å². The van der Waals surface area contributed by atoms with Crippen LogP contribution in [0.25, 0.3) is 0 Å². The van der Waals surface area contributed by atoms with E-state index in [1.54, 1.807) is 24.4 Å². The highest BCUT2D eigenvalue weighted by atomic mass is 32.2. The standard InChI is InChI=1S/C21H28N4O8S/c1-2-3-8-34(29,30)25-16(20(27)28)9-14-4-5-17-18(10-14)32-12-15(33-17)11-31-13-19(26)24-21-22-6-7-23-21/h4-7,10,15-16,25H,2-3,8-9,11-13H2,1H3,(H,27,28)(H2,22,23,24,26). The molecule has 0 saturated carbocycles. The summed E-state index contributed by atoms with van der Waals surface area (Å²) in [6.07, 6.45) is 3.75. The van der Waals surface area contributed by atoms with E-state index in [-0.39, 0.29) is 37.9 Å². The predicted octanol–water partition coefficient (Wildman–Crippen LogP) is 0.920. The first-order valence-electron chi connectivity index (χ1n) is 10.8. The summed E-state index contributed by atoms with van der Waals surface area (Å²) in [4.78, 5) is 30.0. The number of aromatic amines is 1. The van der Waals surface area contributed by atoms with Gasteiger partial charge in [-0.3, -0.25) is 14.9 Å². The van der Waals surface area contributed by atoms with Crippen molar-refractivity contribution in [1.29, 1.82) is 0 Å². The number of nitrogens with one attached hydrogen (secondary N) is 3. The molecule has 2 heterocycles. The number of sulfonamides is 1. The van der Waals surface area contributed by atoms with Gasteiger partial charge in [-0.25, -0.2) is 18.1 Å². The number of carbonyl (C=O) groups excluding carboxylic acids is 1. The number of H-pyrrole nitrogens is 1. The molecule has 2 aromatic rings. The molecular formula is C21H28N4O8S. The molecule has 2 atom stereocenters. The Morgan fingerprint density at radius 2 is 2.18 bits per heavy atom. The maximum atomic E-state index is 12.1. The second-order valence-corrected chi connectivity index (χ2v) is 9.59. The third-order valence-corrected chi connectivity index (χ3v) is 6.32. The highest BCUT2D eigenvalue weighted by Gasteiger charge is 2.26. The molecule has 1 amide bonds. The van der Waals surface area contributed by atoms with Crippen LogP contribution in [-0.2, 0) is 30.8 Å². The maximum Gasteiger partial charge on any atom is 0.322 e. The molecule has 0 spiro atoms. The summed E-state index contributed by atoms with van der Waals surface area (Å²) in [7, 11) is -3.70. The number of imidazole rings is 1. The Labute approximate surface area is 197 Å². The fraction of sp³-hybridized carbons (Fsp3) is 0.476. The Morgan fingerprint density at radius 1 is 1.35 bits per heavy atom. The van der Waals surface area contributed by atoms with Crippen molar-refractivity contribution in [3.05, 3.63) is 36.2 Å². The van der Waals surface area contributed by atoms with Gasteiger partial charge in [-0.15, -0.1) is 0 Å². The van der Waals surface area contributed by atoms with E-state index in [0.29, 0.717) is 35.9 Å². The first kappa shape index (κ1) is 25.5. The number of benzene rings is 1. The van der Waals surface area contributed by atoms with Gasteiger partial charge in [0.1, 0.15) is 19.3 Å². The lowest BCUT2D eigenvalue weighted by molar-refractivity contribution is -0.138.